The Labute approximate surface area is 93.0 Å². The van der Waals surface area contributed by atoms with Gasteiger partial charge in [0.2, 0.25) is 5.91 Å². The van der Waals surface area contributed by atoms with Crippen LogP contribution in [0.15, 0.2) is 23.0 Å². The molecule has 1 aromatic rings. The number of nitrogens with one attached hydrogen (secondary N) is 1. The van der Waals surface area contributed by atoms with Crippen molar-refractivity contribution in [3.05, 3.63) is 24.2 Å². The van der Waals surface area contributed by atoms with Crippen molar-refractivity contribution < 1.29 is 14.0 Å². The average molecular weight is 220 g/mol. The number of carbonyl (C=O) groups excluding carboxylic acids is 2. The summed E-state index contributed by atoms with van der Waals surface area (Å²) in [6.45, 7) is 2.34. The quantitative estimate of drug-likeness (QED) is 0.595. The molecule has 0 aliphatic rings. The summed E-state index contributed by atoms with van der Waals surface area (Å²) in [5.74, 6) is -2.40. The van der Waals surface area contributed by atoms with Crippen LogP contribution in [0.2, 0.25) is 0 Å². The molecule has 0 bridgehead atoms. The van der Waals surface area contributed by atoms with Crippen LogP contribution in [0.3, 0.4) is 0 Å². The van der Waals surface area contributed by atoms with Gasteiger partial charge in [0, 0.05) is 6.54 Å². The van der Waals surface area contributed by atoms with E-state index in [-0.39, 0.29) is 5.56 Å². The second-order valence-corrected chi connectivity index (χ2v) is 3.23. The number of amides is 1. The predicted octanol–water partition coefficient (Wildman–Crippen LogP) is 1.13. The number of nitriles is 1. The summed E-state index contributed by atoms with van der Waals surface area (Å²) in [7, 11) is 0. The molecule has 0 saturated carbocycles. The number of carbonyl (C=O) groups is 2. The maximum absolute atomic E-state index is 11.7. The first-order valence-electron chi connectivity index (χ1n) is 4.94. The Kier molecular flexibility index (Phi) is 4.28. The van der Waals surface area contributed by atoms with E-state index in [0.717, 1.165) is 6.42 Å². The lowest BCUT2D eigenvalue weighted by Crippen LogP contribution is -2.34. The highest BCUT2D eigenvalue weighted by atomic mass is 16.3. The van der Waals surface area contributed by atoms with Crippen molar-refractivity contribution in [3.63, 3.8) is 0 Å². The van der Waals surface area contributed by atoms with Gasteiger partial charge in [0.25, 0.3) is 0 Å². The second-order valence-electron chi connectivity index (χ2n) is 3.23. The molecule has 0 radical (unpaired) electrons. The van der Waals surface area contributed by atoms with Crippen LogP contribution in [0, 0.1) is 17.2 Å². The third kappa shape index (κ3) is 2.70. The molecule has 0 aliphatic carbocycles. The third-order valence-corrected chi connectivity index (χ3v) is 2.01. The molecule has 1 heterocycles. The molecule has 1 N–H and O–H groups in total. The number of nitrogens with zero attached hydrogens (tertiary/aromatic N) is 1. The van der Waals surface area contributed by atoms with Crippen LogP contribution < -0.4 is 5.32 Å². The lowest BCUT2D eigenvalue weighted by Gasteiger charge is -2.07. The van der Waals surface area contributed by atoms with E-state index in [2.05, 4.69) is 5.32 Å². The fourth-order valence-electron chi connectivity index (χ4n) is 1.16. The van der Waals surface area contributed by atoms with E-state index >= 15 is 0 Å². The molecule has 0 spiro atoms. The molecule has 0 aromatic carbocycles. The Morgan fingerprint density at radius 2 is 2.38 bits per heavy atom. The minimum absolute atomic E-state index is 0.234. The summed E-state index contributed by atoms with van der Waals surface area (Å²) in [5.41, 5.74) is 0.234. The normalized spacial score (nSPS) is 11.5. The summed E-state index contributed by atoms with van der Waals surface area (Å²) in [6, 6.07) is 3.13. The van der Waals surface area contributed by atoms with Crippen LogP contribution >= 0.6 is 0 Å². The molecule has 1 unspecified atom stereocenters. The predicted molar refractivity (Wildman–Crippen MR) is 55.4 cm³/mol. The van der Waals surface area contributed by atoms with Gasteiger partial charge in [-0.1, -0.05) is 6.92 Å². The molecule has 5 nitrogen and oxygen atoms in total. The summed E-state index contributed by atoms with van der Waals surface area (Å²) in [5, 5.41) is 11.3. The molecular formula is C11H12N2O3. The smallest absolute Gasteiger partial charge is 0.245 e. The van der Waals surface area contributed by atoms with E-state index < -0.39 is 17.6 Å². The minimum atomic E-state index is -1.30. The van der Waals surface area contributed by atoms with Crippen molar-refractivity contribution >= 4 is 11.7 Å². The number of ketones is 1. The molecule has 5 heteroatoms. The van der Waals surface area contributed by atoms with Crippen molar-refractivity contribution in [2.45, 2.75) is 13.3 Å². The van der Waals surface area contributed by atoms with Crippen LogP contribution in [0.25, 0.3) is 0 Å². The summed E-state index contributed by atoms with van der Waals surface area (Å²) >= 11 is 0. The van der Waals surface area contributed by atoms with Gasteiger partial charge in [-0.3, -0.25) is 9.59 Å². The van der Waals surface area contributed by atoms with E-state index in [1.54, 1.807) is 6.07 Å². The fraction of sp³-hybridized carbons (Fsp3) is 0.364. The fourth-order valence-corrected chi connectivity index (χ4v) is 1.16. The van der Waals surface area contributed by atoms with Crippen molar-refractivity contribution in [2.24, 2.45) is 5.92 Å². The SMILES string of the molecule is CCCNC(=O)C(C#N)C(=O)c1ccoc1. The van der Waals surface area contributed by atoms with Gasteiger partial charge in [0.15, 0.2) is 11.7 Å². The van der Waals surface area contributed by atoms with E-state index in [4.69, 9.17) is 9.68 Å². The second kappa shape index (κ2) is 5.71. The van der Waals surface area contributed by atoms with Crippen molar-refractivity contribution in [1.29, 1.82) is 5.26 Å². The largest absolute Gasteiger partial charge is 0.472 e. The van der Waals surface area contributed by atoms with Crippen LogP contribution in [0.5, 0.6) is 0 Å². The molecule has 1 atom stereocenters. The first-order valence-corrected chi connectivity index (χ1v) is 4.94. The molecule has 0 fully saturated rings. The summed E-state index contributed by atoms with van der Waals surface area (Å²) in [6.07, 6.45) is 3.30. The number of rotatable bonds is 5. The zero-order valence-electron chi connectivity index (χ0n) is 8.90. The number of Topliss-reactive ketones (excluding diaryl/α,β-unsaturated/α-hetero) is 1. The van der Waals surface area contributed by atoms with Crippen molar-refractivity contribution in [3.8, 4) is 6.07 Å². The average Bonchev–Trinajstić information content (AvgIpc) is 2.80. The molecular weight excluding hydrogens is 208 g/mol. The Morgan fingerprint density at radius 1 is 1.62 bits per heavy atom. The van der Waals surface area contributed by atoms with E-state index in [9.17, 15) is 9.59 Å². The minimum Gasteiger partial charge on any atom is -0.472 e. The third-order valence-electron chi connectivity index (χ3n) is 2.01. The lowest BCUT2D eigenvalue weighted by atomic mass is 10.0. The van der Waals surface area contributed by atoms with Gasteiger partial charge < -0.3 is 9.73 Å². The topological polar surface area (TPSA) is 83.1 Å². The Morgan fingerprint density at radius 3 is 2.88 bits per heavy atom. The zero-order chi connectivity index (χ0) is 12.0. The van der Waals surface area contributed by atoms with E-state index in [1.165, 1.54) is 18.6 Å². The maximum atomic E-state index is 11.7. The maximum Gasteiger partial charge on any atom is 0.245 e. The van der Waals surface area contributed by atoms with E-state index in [0.29, 0.717) is 6.54 Å². The molecule has 1 aromatic heterocycles. The molecule has 1 amide bonds. The van der Waals surface area contributed by atoms with E-state index in [1.807, 2.05) is 6.92 Å². The van der Waals surface area contributed by atoms with Crippen LogP contribution in [0.1, 0.15) is 23.7 Å². The summed E-state index contributed by atoms with van der Waals surface area (Å²) in [4.78, 5) is 23.2. The van der Waals surface area contributed by atoms with Crippen molar-refractivity contribution in [2.75, 3.05) is 6.54 Å². The Bertz CT molecular complexity index is 403. The van der Waals surface area contributed by atoms with Crippen molar-refractivity contribution in [1.82, 2.24) is 5.32 Å². The molecule has 16 heavy (non-hydrogen) atoms. The van der Waals surface area contributed by atoms with Crippen LogP contribution in [-0.2, 0) is 4.79 Å². The number of hydrogen-bond acceptors (Lipinski definition) is 4. The number of hydrogen-bond donors (Lipinski definition) is 1. The lowest BCUT2D eigenvalue weighted by molar-refractivity contribution is -0.122. The highest BCUT2D eigenvalue weighted by Crippen LogP contribution is 2.09. The van der Waals surface area contributed by atoms with Gasteiger partial charge in [0.05, 0.1) is 17.9 Å². The van der Waals surface area contributed by atoms with Gasteiger partial charge in [0.1, 0.15) is 6.26 Å². The highest BCUT2D eigenvalue weighted by molar-refractivity contribution is 6.11. The van der Waals surface area contributed by atoms with Gasteiger partial charge in [-0.25, -0.2) is 0 Å². The summed E-state index contributed by atoms with van der Waals surface area (Å²) < 4.78 is 4.73. The van der Waals surface area contributed by atoms with Gasteiger partial charge in [-0.15, -0.1) is 0 Å². The molecule has 1 rings (SSSR count). The first-order chi connectivity index (χ1) is 7.70. The van der Waals surface area contributed by atoms with Gasteiger partial charge in [-0.05, 0) is 12.5 Å². The Balaban J connectivity index is 2.72. The van der Waals surface area contributed by atoms with Crippen LogP contribution in [-0.4, -0.2) is 18.2 Å². The van der Waals surface area contributed by atoms with Crippen LogP contribution in [0.4, 0.5) is 0 Å². The first kappa shape index (κ1) is 12.0. The highest BCUT2D eigenvalue weighted by Gasteiger charge is 2.27. The molecule has 0 saturated heterocycles. The van der Waals surface area contributed by atoms with Gasteiger partial charge >= 0.3 is 0 Å². The molecule has 0 aliphatic heterocycles. The van der Waals surface area contributed by atoms with Gasteiger partial charge in [-0.2, -0.15) is 5.26 Å². The standard InChI is InChI=1S/C11H12N2O3/c1-2-4-13-11(15)9(6-12)10(14)8-3-5-16-7-8/h3,5,7,9H,2,4H2,1H3,(H,13,15). The zero-order valence-corrected chi connectivity index (χ0v) is 8.90. The molecule has 84 valence electrons. The monoisotopic (exact) mass is 220 g/mol. The number of furan rings is 1. The Hall–Kier alpha value is -2.09.